The molecule has 0 saturated heterocycles. The van der Waals surface area contributed by atoms with Crippen LogP contribution in [0, 0.1) is 6.92 Å². The van der Waals surface area contributed by atoms with Crippen molar-refractivity contribution in [3.63, 3.8) is 0 Å². The molecule has 0 aromatic heterocycles. The van der Waals surface area contributed by atoms with Crippen molar-refractivity contribution in [2.75, 3.05) is 10.6 Å². The topological polar surface area (TPSA) is 70.2 Å². The van der Waals surface area contributed by atoms with E-state index in [1.807, 2.05) is 31.2 Å². The molecular formula is C22H18BrN3O2S. The van der Waals surface area contributed by atoms with E-state index in [4.69, 9.17) is 12.2 Å². The second kappa shape index (κ2) is 9.45. The number of aryl methyl sites for hydroxylation is 1. The predicted octanol–water partition coefficient (Wildman–Crippen LogP) is 5.14. The van der Waals surface area contributed by atoms with Crippen LogP contribution in [0.1, 0.15) is 26.3 Å². The Hall–Kier alpha value is -3.03. The highest BCUT2D eigenvalue weighted by Crippen LogP contribution is 2.17. The molecule has 3 rings (SSSR count). The first-order valence-corrected chi connectivity index (χ1v) is 9.97. The van der Waals surface area contributed by atoms with E-state index in [0.29, 0.717) is 27.0 Å². The Morgan fingerprint density at radius 1 is 0.828 bits per heavy atom. The molecule has 0 saturated carbocycles. The maximum Gasteiger partial charge on any atom is 0.258 e. The van der Waals surface area contributed by atoms with E-state index in [-0.39, 0.29) is 16.9 Å². The van der Waals surface area contributed by atoms with Crippen molar-refractivity contribution in [1.82, 2.24) is 5.32 Å². The van der Waals surface area contributed by atoms with E-state index in [0.717, 1.165) is 5.56 Å². The largest absolute Gasteiger partial charge is 0.332 e. The van der Waals surface area contributed by atoms with Crippen molar-refractivity contribution < 1.29 is 9.59 Å². The molecule has 0 bridgehead atoms. The van der Waals surface area contributed by atoms with Crippen LogP contribution in [0.5, 0.6) is 0 Å². The molecule has 3 aromatic rings. The first kappa shape index (κ1) is 20.7. The number of amides is 2. The van der Waals surface area contributed by atoms with Crippen LogP contribution in [0.4, 0.5) is 11.4 Å². The summed E-state index contributed by atoms with van der Waals surface area (Å²) >= 11 is 8.55. The molecule has 5 nitrogen and oxygen atoms in total. The Balaban J connectivity index is 1.57. The van der Waals surface area contributed by atoms with Crippen LogP contribution in [-0.2, 0) is 0 Å². The zero-order valence-electron chi connectivity index (χ0n) is 15.5. The lowest BCUT2D eigenvalue weighted by molar-refractivity contribution is 0.0975. The number of thiocarbonyl (C=S) groups is 1. The van der Waals surface area contributed by atoms with Crippen LogP contribution in [0.15, 0.2) is 77.3 Å². The molecule has 0 heterocycles. The van der Waals surface area contributed by atoms with Gasteiger partial charge in [0.2, 0.25) is 0 Å². The fraction of sp³-hybridized carbons (Fsp3) is 0.0455. The highest BCUT2D eigenvalue weighted by atomic mass is 79.9. The van der Waals surface area contributed by atoms with Crippen LogP contribution >= 0.6 is 28.1 Å². The minimum Gasteiger partial charge on any atom is -0.332 e. The number of rotatable bonds is 4. The van der Waals surface area contributed by atoms with Crippen molar-refractivity contribution in [3.05, 3.63) is 94.0 Å². The van der Waals surface area contributed by atoms with Crippen molar-refractivity contribution in [1.29, 1.82) is 0 Å². The van der Waals surface area contributed by atoms with E-state index in [9.17, 15) is 9.59 Å². The standard InChI is InChI=1S/C22H18BrN3O2S/c1-14-5-4-6-15(13-14)20(27)24-16-9-11-17(12-10-16)25-22(29)26-21(28)18-7-2-3-8-19(18)23/h2-13H,1H3,(H,24,27)(H2,25,26,28,29). The molecule has 0 aliphatic carbocycles. The summed E-state index contributed by atoms with van der Waals surface area (Å²) in [6, 6.07) is 21.5. The van der Waals surface area contributed by atoms with Crippen LogP contribution < -0.4 is 16.0 Å². The van der Waals surface area contributed by atoms with Crippen molar-refractivity contribution in [3.8, 4) is 0 Å². The number of nitrogens with one attached hydrogen (secondary N) is 3. The van der Waals surface area contributed by atoms with Gasteiger partial charge in [-0.1, -0.05) is 29.8 Å². The molecule has 0 radical (unpaired) electrons. The highest BCUT2D eigenvalue weighted by molar-refractivity contribution is 9.10. The van der Waals surface area contributed by atoms with E-state index >= 15 is 0 Å². The number of halogens is 1. The molecule has 29 heavy (non-hydrogen) atoms. The van der Waals surface area contributed by atoms with Gasteiger partial charge in [0, 0.05) is 21.4 Å². The lowest BCUT2D eigenvalue weighted by Gasteiger charge is -2.11. The van der Waals surface area contributed by atoms with Gasteiger partial charge in [0.05, 0.1) is 5.56 Å². The van der Waals surface area contributed by atoms with Gasteiger partial charge < -0.3 is 10.6 Å². The van der Waals surface area contributed by atoms with Gasteiger partial charge >= 0.3 is 0 Å². The first-order chi connectivity index (χ1) is 13.9. The third-order valence-electron chi connectivity index (χ3n) is 4.03. The van der Waals surface area contributed by atoms with Gasteiger partial charge in [-0.15, -0.1) is 0 Å². The highest BCUT2D eigenvalue weighted by Gasteiger charge is 2.11. The molecule has 7 heteroatoms. The number of anilines is 2. The average molecular weight is 468 g/mol. The molecule has 2 amide bonds. The second-order valence-corrected chi connectivity index (χ2v) is 7.55. The van der Waals surface area contributed by atoms with Crippen molar-refractivity contribution in [2.24, 2.45) is 0 Å². The SMILES string of the molecule is Cc1cccc(C(=O)Nc2ccc(NC(=S)NC(=O)c3ccccc3Br)cc2)c1. The lowest BCUT2D eigenvalue weighted by atomic mass is 10.1. The summed E-state index contributed by atoms with van der Waals surface area (Å²) in [5.74, 6) is -0.484. The van der Waals surface area contributed by atoms with Gasteiger partial charge in [-0.05, 0) is 83.6 Å². The number of benzene rings is 3. The summed E-state index contributed by atoms with van der Waals surface area (Å²) in [5, 5.41) is 8.63. The molecule has 146 valence electrons. The molecule has 3 N–H and O–H groups in total. The number of hydrogen-bond acceptors (Lipinski definition) is 3. The number of carbonyl (C=O) groups excluding carboxylic acids is 2. The third kappa shape index (κ3) is 5.73. The van der Waals surface area contributed by atoms with Crippen LogP contribution in [0.3, 0.4) is 0 Å². The second-order valence-electron chi connectivity index (χ2n) is 6.29. The molecule has 0 fully saturated rings. The lowest BCUT2D eigenvalue weighted by Crippen LogP contribution is -2.34. The van der Waals surface area contributed by atoms with Gasteiger partial charge in [0.1, 0.15) is 0 Å². The Labute approximate surface area is 182 Å². The number of hydrogen-bond donors (Lipinski definition) is 3. The maximum absolute atomic E-state index is 12.3. The maximum atomic E-state index is 12.3. The normalized spacial score (nSPS) is 10.1. The van der Waals surface area contributed by atoms with E-state index < -0.39 is 0 Å². The smallest absolute Gasteiger partial charge is 0.258 e. The van der Waals surface area contributed by atoms with Crippen molar-refractivity contribution in [2.45, 2.75) is 6.92 Å². The molecular weight excluding hydrogens is 450 g/mol. The van der Waals surface area contributed by atoms with Crippen molar-refractivity contribution >= 4 is 56.4 Å². The summed E-state index contributed by atoms with van der Waals surface area (Å²) in [6.07, 6.45) is 0. The minimum absolute atomic E-state index is 0.175. The Morgan fingerprint density at radius 2 is 1.48 bits per heavy atom. The fourth-order valence-corrected chi connectivity index (χ4v) is 3.28. The van der Waals surface area contributed by atoms with Gasteiger partial charge in [0.15, 0.2) is 5.11 Å². The summed E-state index contributed by atoms with van der Waals surface area (Å²) in [5.41, 5.74) is 3.46. The van der Waals surface area contributed by atoms with Gasteiger partial charge in [-0.3, -0.25) is 14.9 Å². The summed E-state index contributed by atoms with van der Waals surface area (Å²) in [4.78, 5) is 24.6. The fourth-order valence-electron chi connectivity index (χ4n) is 2.60. The van der Waals surface area contributed by atoms with E-state index in [1.165, 1.54) is 0 Å². The van der Waals surface area contributed by atoms with Crippen LogP contribution in [-0.4, -0.2) is 16.9 Å². The zero-order valence-corrected chi connectivity index (χ0v) is 17.9. The van der Waals surface area contributed by atoms with E-state index in [1.54, 1.807) is 48.5 Å². The average Bonchev–Trinajstić information content (AvgIpc) is 2.69. The van der Waals surface area contributed by atoms with Crippen LogP contribution in [0.25, 0.3) is 0 Å². The molecule has 0 unspecified atom stereocenters. The number of carbonyl (C=O) groups is 2. The molecule has 0 aliphatic rings. The minimum atomic E-state index is -0.308. The molecule has 0 spiro atoms. The summed E-state index contributed by atoms with van der Waals surface area (Å²) in [6.45, 7) is 1.94. The Morgan fingerprint density at radius 3 is 2.14 bits per heavy atom. The first-order valence-electron chi connectivity index (χ1n) is 8.77. The molecule has 3 aromatic carbocycles. The van der Waals surface area contributed by atoms with Gasteiger partial charge in [-0.25, -0.2) is 0 Å². The Bertz CT molecular complexity index is 1070. The van der Waals surface area contributed by atoms with Crippen LogP contribution in [0.2, 0.25) is 0 Å². The van der Waals surface area contributed by atoms with E-state index in [2.05, 4.69) is 31.9 Å². The predicted molar refractivity (Wildman–Crippen MR) is 123 cm³/mol. The third-order valence-corrected chi connectivity index (χ3v) is 4.92. The Kier molecular flexibility index (Phi) is 6.74. The van der Waals surface area contributed by atoms with Gasteiger partial charge in [0.25, 0.3) is 11.8 Å². The molecule has 0 aliphatic heterocycles. The molecule has 0 atom stereocenters. The zero-order chi connectivity index (χ0) is 20.8. The summed E-state index contributed by atoms with van der Waals surface area (Å²) < 4.78 is 0.689. The summed E-state index contributed by atoms with van der Waals surface area (Å²) in [7, 11) is 0. The van der Waals surface area contributed by atoms with Gasteiger partial charge in [-0.2, -0.15) is 0 Å². The monoisotopic (exact) mass is 467 g/mol. The quantitative estimate of drug-likeness (QED) is 0.464.